The van der Waals surface area contributed by atoms with E-state index in [0.717, 1.165) is 11.8 Å². The van der Waals surface area contributed by atoms with Crippen molar-refractivity contribution in [2.75, 3.05) is 6.54 Å². The summed E-state index contributed by atoms with van der Waals surface area (Å²) in [5, 5.41) is 0. The van der Waals surface area contributed by atoms with Crippen LogP contribution in [0.2, 0.25) is 0 Å². The molecule has 1 aromatic heterocycles. The molecule has 2 aromatic rings. The zero-order valence-electron chi connectivity index (χ0n) is 12.4. The Hall–Kier alpha value is -1.75. The molecule has 21 heavy (non-hydrogen) atoms. The number of aromatic nitrogens is 2. The molecule has 2 N–H and O–H groups in total. The first kappa shape index (κ1) is 15.6. The lowest BCUT2D eigenvalue weighted by atomic mass is 9.93. The number of aryl methyl sites for hydroxylation is 2. The number of halogens is 2. The van der Waals surface area contributed by atoms with Gasteiger partial charge in [-0.15, -0.1) is 0 Å². The first-order valence-electron chi connectivity index (χ1n) is 7.16. The number of nitrogens with two attached hydrogens (primary N) is 1. The molecule has 1 heterocycles. The SMILES string of the molecule is CC(C)C(CN)c1cncn1CCc1cc(F)cc(F)c1. The maximum Gasteiger partial charge on any atom is 0.126 e. The third kappa shape index (κ3) is 3.88. The van der Waals surface area contributed by atoms with E-state index in [4.69, 9.17) is 5.73 Å². The van der Waals surface area contributed by atoms with Crippen LogP contribution in [0.3, 0.4) is 0 Å². The van der Waals surface area contributed by atoms with E-state index < -0.39 is 11.6 Å². The van der Waals surface area contributed by atoms with Crippen molar-refractivity contribution >= 4 is 0 Å². The van der Waals surface area contributed by atoms with Crippen LogP contribution in [-0.2, 0) is 13.0 Å². The van der Waals surface area contributed by atoms with Crippen molar-refractivity contribution in [3.63, 3.8) is 0 Å². The molecule has 1 aromatic carbocycles. The van der Waals surface area contributed by atoms with E-state index >= 15 is 0 Å². The summed E-state index contributed by atoms with van der Waals surface area (Å²) in [6, 6.07) is 3.61. The highest BCUT2D eigenvalue weighted by molar-refractivity contribution is 5.18. The summed E-state index contributed by atoms with van der Waals surface area (Å²) in [7, 11) is 0. The van der Waals surface area contributed by atoms with Gasteiger partial charge in [-0.2, -0.15) is 0 Å². The van der Waals surface area contributed by atoms with E-state index in [2.05, 4.69) is 18.8 Å². The Labute approximate surface area is 123 Å². The lowest BCUT2D eigenvalue weighted by molar-refractivity contribution is 0.471. The Balaban J connectivity index is 2.12. The second kappa shape index (κ2) is 6.80. The summed E-state index contributed by atoms with van der Waals surface area (Å²) < 4.78 is 28.4. The fraction of sp³-hybridized carbons (Fsp3) is 0.438. The maximum absolute atomic E-state index is 13.2. The van der Waals surface area contributed by atoms with Gasteiger partial charge in [-0.3, -0.25) is 0 Å². The molecule has 1 unspecified atom stereocenters. The van der Waals surface area contributed by atoms with Gasteiger partial charge < -0.3 is 10.3 Å². The van der Waals surface area contributed by atoms with Crippen LogP contribution >= 0.6 is 0 Å². The molecule has 0 amide bonds. The molecular formula is C16H21F2N3. The molecule has 0 aliphatic rings. The topological polar surface area (TPSA) is 43.8 Å². The van der Waals surface area contributed by atoms with E-state index in [9.17, 15) is 8.78 Å². The van der Waals surface area contributed by atoms with Gasteiger partial charge in [0.25, 0.3) is 0 Å². The summed E-state index contributed by atoms with van der Waals surface area (Å²) in [5.74, 6) is -0.440. The van der Waals surface area contributed by atoms with Gasteiger partial charge in [0, 0.05) is 37.0 Å². The Bertz CT molecular complexity index is 573. The van der Waals surface area contributed by atoms with Crippen LogP contribution in [0, 0.1) is 17.6 Å². The first-order valence-corrected chi connectivity index (χ1v) is 7.16. The molecule has 0 saturated carbocycles. The number of rotatable bonds is 6. The second-order valence-electron chi connectivity index (χ2n) is 5.63. The van der Waals surface area contributed by atoms with Gasteiger partial charge >= 0.3 is 0 Å². The average molecular weight is 293 g/mol. The van der Waals surface area contributed by atoms with Crippen LogP contribution in [0.25, 0.3) is 0 Å². The molecule has 114 valence electrons. The molecule has 0 fully saturated rings. The highest BCUT2D eigenvalue weighted by atomic mass is 19.1. The Morgan fingerprint density at radius 3 is 2.43 bits per heavy atom. The van der Waals surface area contributed by atoms with Crippen molar-refractivity contribution in [1.82, 2.24) is 9.55 Å². The van der Waals surface area contributed by atoms with Gasteiger partial charge in [-0.25, -0.2) is 13.8 Å². The molecule has 0 aliphatic heterocycles. The van der Waals surface area contributed by atoms with E-state index in [1.807, 2.05) is 10.8 Å². The highest BCUT2D eigenvalue weighted by Gasteiger charge is 2.18. The normalized spacial score (nSPS) is 12.9. The third-order valence-corrected chi connectivity index (χ3v) is 3.75. The van der Waals surface area contributed by atoms with Gasteiger partial charge in [0.1, 0.15) is 11.6 Å². The van der Waals surface area contributed by atoms with Crippen molar-refractivity contribution in [2.45, 2.75) is 32.7 Å². The monoisotopic (exact) mass is 293 g/mol. The zero-order valence-corrected chi connectivity index (χ0v) is 12.4. The second-order valence-corrected chi connectivity index (χ2v) is 5.63. The molecule has 0 spiro atoms. The van der Waals surface area contributed by atoms with E-state index in [1.165, 1.54) is 12.1 Å². The fourth-order valence-corrected chi connectivity index (χ4v) is 2.57. The molecule has 0 aliphatic carbocycles. The molecule has 0 radical (unpaired) electrons. The van der Waals surface area contributed by atoms with Crippen molar-refractivity contribution in [3.8, 4) is 0 Å². The minimum atomic E-state index is -0.544. The van der Waals surface area contributed by atoms with Crippen molar-refractivity contribution in [2.24, 2.45) is 11.7 Å². The van der Waals surface area contributed by atoms with Gasteiger partial charge in [-0.05, 0) is 30.0 Å². The van der Waals surface area contributed by atoms with Crippen LogP contribution in [0.1, 0.15) is 31.0 Å². The largest absolute Gasteiger partial charge is 0.334 e. The number of hydrogen-bond acceptors (Lipinski definition) is 2. The van der Waals surface area contributed by atoms with Gasteiger partial charge in [0.15, 0.2) is 0 Å². The first-order chi connectivity index (χ1) is 10.0. The van der Waals surface area contributed by atoms with E-state index in [1.54, 1.807) is 6.33 Å². The lowest BCUT2D eigenvalue weighted by Gasteiger charge is -2.20. The highest BCUT2D eigenvalue weighted by Crippen LogP contribution is 2.23. The average Bonchev–Trinajstić information content (AvgIpc) is 2.84. The minimum Gasteiger partial charge on any atom is -0.334 e. The Morgan fingerprint density at radius 2 is 1.86 bits per heavy atom. The summed E-state index contributed by atoms with van der Waals surface area (Å²) in [5.41, 5.74) is 7.55. The lowest BCUT2D eigenvalue weighted by Crippen LogP contribution is -2.21. The molecule has 0 bridgehead atoms. The Kier molecular flexibility index (Phi) is 5.07. The number of nitrogens with zero attached hydrogens (tertiary/aromatic N) is 2. The van der Waals surface area contributed by atoms with Crippen LogP contribution in [0.4, 0.5) is 8.78 Å². The zero-order chi connectivity index (χ0) is 15.4. The maximum atomic E-state index is 13.2. The van der Waals surface area contributed by atoms with Gasteiger partial charge in [0.2, 0.25) is 0 Å². The fourth-order valence-electron chi connectivity index (χ4n) is 2.57. The van der Waals surface area contributed by atoms with Crippen LogP contribution in [0.15, 0.2) is 30.7 Å². The van der Waals surface area contributed by atoms with Crippen LogP contribution < -0.4 is 5.73 Å². The minimum absolute atomic E-state index is 0.233. The summed E-state index contributed by atoms with van der Waals surface area (Å²) in [6.45, 7) is 5.42. The standard InChI is InChI=1S/C16H21F2N3/c1-11(2)15(8-19)16-9-20-10-21(16)4-3-12-5-13(17)7-14(18)6-12/h5-7,9-11,15H,3-4,8,19H2,1-2H3. The van der Waals surface area contributed by atoms with Crippen molar-refractivity contribution in [1.29, 1.82) is 0 Å². The van der Waals surface area contributed by atoms with E-state index in [0.29, 0.717) is 31.0 Å². The van der Waals surface area contributed by atoms with Gasteiger partial charge in [-0.1, -0.05) is 13.8 Å². The Morgan fingerprint density at radius 1 is 1.19 bits per heavy atom. The summed E-state index contributed by atoms with van der Waals surface area (Å²) >= 11 is 0. The predicted octanol–water partition coefficient (Wildman–Crippen LogP) is 3.10. The summed E-state index contributed by atoms with van der Waals surface area (Å²) in [4.78, 5) is 4.18. The number of imidazole rings is 1. The van der Waals surface area contributed by atoms with Crippen molar-refractivity contribution in [3.05, 3.63) is 53.6 Å². The van der Waals surface area contributed by atoms with E-state index in [-0.39, 0.29) is 5.92 Å². The van der Waals surface area contributed by atoms with Crippen LogP contribution in [0.5, 0.6) is 0 Å². The predicted molar refractivity (Wildman–Crippen MR) is 78.9 cm³/mol. The third-order valence-electron chi connectivity index (χ3n) is 3.75. The smallest absolute Gasteiger partial charge is 0.126 e. The molecule has 3 nitrogen and oxygen atoms in total. The molecular weight excluding hydrogens is 272 g/mol. The van der Waals surface area contributed by atoms with Crippen LogP contribution in [-0.4, -0.2) is 16.1 Å². The molecule has 5 heteroatoms. The number of benzene rings is 1. The molecule has 1 atom stereocenters. The number of hydrogen-bond donors (Lipinski definition) is 1. The summed E-state index contributed by atoms with van der Waals surface area (Å²) in [6.07, 6.45) is 4.12. The molecule has 0 saturated heterocycles. The van der Waals surface area contributed by atoms with Crippen molar-refractivity contribution < 1.29 is 8.78 Å². The molecule has 2 rings (SSSR count). The van der Waals surface area contributed by atoms with Gasteiger partial charge in [0.05, 0.1) is 6.33 Å². The quantitative estimate of drug-likeness (QED) is 0.889.